The molecule has 0 aliphatic carbocycles. The van der Waals surface area contributed by atoms with Crippen molar-refractivity contribution in [1.82, 2.24) is 0 Å². The minimum atomic E-state index is -0.568. The first-order valence-electron chi connectivity index (χ1n) is 10.7. The molecule has 1 atom stereocenters. The summed E-state index contributed by atoms with van der Waals surface area (Å²) in [7, 11) is 0. The molecule has 2 amide bonds. The smallest absolute Gasteiger partial charge is 0.311 e. The van der Waals surface area contributed by atoms with E-state index in [1.54, 1.807) is 4.90 Å². The standard InChI is InChI=1S/C24H27N3O4/c1-17-4-8-21(9-5-17)27-15-18(14-23(27)29)24(30)31-16-22(28)25-19-6-10-20(11-7-19)26-12-2-3-13-26/h4-11,18H,2-3,12-16H2,1H3,(H,25,28)/t18-/m0/s1. The molecule has 2 aromatic rings. The molecule has 2 aliphatic rings. The second-order valence-electron chi connectivity index (χ2n) is 8.14. The van der Waals surface area contributed by atoms with E-state index in [1.807, 2.05) is 55.5 Å². The molecule has 4 rings (SSSR count). The first kappa shape index (κ1) is 20.9. The largest absolute Gasteiger partial charge is 0.455 e. The van der Waals surface area contributed by atoms with Gasteiger partial charge in [-0.2, -0.15) is 0 Å². The molecule has 0 bridgehead atoms. The van der Waals surface area contributed by atoms with Crippen LogP contribution in [0.3, 0.4) is 0 Å². The number of hydrogen-bond donors (Lipinski definition) is 1. The number of amides is 2. The normalized spacial score (nSPS) is 18.4. The fraction of sp³-hybridized carbons (Fsp3) is 0.375. The molecule has 0 aromatic heterocycles. The van der Waals surface area contributed by atoms with Crippen LogP contribution in [-0.2, 0) is 19.1 Å². The van der Waals surface area contributed by atoms with Gasteiger partial charge in [-0.3, -0.25) is 14.4 Å². The maximum absolute atomic E-state index is 12.4. The van der Waals surface area contributed by atoms with Gasteiger partial charge in [0.05, 0.1) is 5.92 Å². The van der Waals surface area contributed by atoms with Gasteiger partial charge in [-0.1, -0.05) is 17.7 Å². The number of aryl methyl sites for hydroxylation is 1. The predicted octanol–water partition coefficient (Wildman–Crippen LogP) is 3.13. The number of anilines is 3. The highest BCUT2D eigenvalue weighted by Gasteiger charge is 2.36. The number of nitrogens with zero attached hydrogens (tertiary/aromatic N) is 2. The summed E-state index contributed by atoms with van der Waals surface area (Å²) in [6.45, 7) is 3.99. The van der Waals surface area contributed by atoms with Gasteiger partial charge in [-0.25, -0.2) is 0 Å². The molecule has 0 radical (unpaired) electrons. The van der Waals surface area contributed by atoms with E-state index in [-0.39, 0.29) is 25.5 Å². The van der Waals surface area contributed by atoms with Crippen molar-refractivity contribution in [3.8, 4) is 0 Å². The van der Waals surface area contributed by atoms with E-state index in [0.717, 1.165) is 30.0 Å². The van der Waals surface area contributed by atoms with Crippen molar-refractivity contribution in [3.05, 3.63) is 54.1 Å². The number of benzene rings is 2. The van der Waals surface area contributed by atoms with Gasteiger partial charge in [0.15, 0.2) is 6.61 Å². The number of nitrogens with one attached hydrogen (secondary N) is 1. The molecule has 2 saturated heterocycles. The molecule has 0 unspecified atom stereocenters. The van der Waals surface area contributed by atoms with E-state index in [1.165, 1.54) is 12.8 Å². The van der Waals surface area contributed by atoms with Crippen LogP contribution in [0.2, 0.25) is 0 Å². The lowest BCUT2D eigenvalue weighted by atomic mass is 10.1. The average Bonchev–Trinajstić information content (AvgIpc) is 3.43. The summed E-state index contributed by atoms with van der Waals surface area (Å²) < 4.78 is 5.18. The van der Waals surface area contributed by atoms with E-state index in [0.29, 0.717) is 5.69 Å². The molecule has 7 heteroatoms. The van der Waals surface area contributed by atoms with Crippen LogP contribution in [0, 0.1) is 12.8 Å². The zero-order valence-corrected chi connectivity index (χ0v) is 17.7. The highest BCUT2D eigenvalue weighted by molar-refractivity contribution is 6.00. The second-order valence-corrected chi connectivity index (χ2v) is 8.14. The SMILES string of the molecule is Cc1ccc(N2C[C@@H](C(=O)OCC(=O)Nc3ccc(N4CCCC4)cc3)CC2=O)cc1. The van der Waals surface area contributed by atoms with Crippen LogP contribution in [-0.4, -0.2) is 44.0 Å². The van der Waals surface area contributed by atoms with Crippen molar-refractivity contribution < 1.29 is 19.1 Å². The molecule has 31 heavy (non-hydrogen) atoms. The third-order valence-corrected chi connectivity index (χ3v) is 5.77. The fourth-order valence-electron chi connectivity index (χ4n) is 4.02. The Labute approximate surface area is 182 Å². The van der Waals surface area contributed by atoms with Crippen molar-refractivity contribution in [2.24, 2.45) is 5.92 Å². The van der Waals surface area contributed by atoms with Crippen LogP contribution in [0.15, 0.2) is 48.5 Å². The third-order valence-electron chi connectivity index (χ3n) is 5.77. The van der Waals surface area contributed by atoms with Crippen molar-refractivity contribution in [1.29, 1.82) is 0 Å². The van der Waals surface area contributed by atoms with Gasteiger partial charge in [0, 0.05) is 43.1 Å². The zero-order chi connectivity index (χ0) is 21.8. The molecule has 2 aliphatic heterocycles. The summed E-state index contributed by atoms with van der Waals surface area (Å²) in [5.74, 6) is -1.61. The molecule has 0 spiro atoms. The van der Waals surface area contributed by atoms with Crippen molar-refractivity contribution in [2.45, 2.75) is 26.2 Å². The molecule has 2 fully saturated rings. The van der Waals surface area contributed by atoms with E-state index < -0.39 is 17.8 Å². The van der Waals surface area contributed by atoms with Crippen molar-refractivity contribution in [2.75, 3.05) is 41.4 Å². The van der Waals surface area contributed by atoms with Crippen molar-refractivity contribution >= 4 is 34.8 Å². The number of carbonyl (C=O) groups is 3. The Morgan fingerprint density at radius 2 is 1.65 bits per heavy atom. The van der Waals surface area contributed by atoms with Gasteiger partial charge < -0.3 is 19.9 Å². The minimum Gasteiger partial charge on any atom is -0.455 e. The highest BCUT2D eigenvalue weighted by Crippen LogP contribution is 2.26. The van der Waals surface area contributed by atoms with Crippen LogP contribution in [0.25, 0.3) is 0 Å². The lowest BCUT2D eigenvalue weighted by Gasteiger charge is -2.18. The summed E-state index contributed by atoms with van der Waals surface area (Å²) >= 11 is 0. The van der Waals surface area contributed by atoms with Crippen molar-refractivity contribution in [3.63, 3.8) is 0 Å². The second kappa shape index (κ2) is 9.20. The number of rotatable bonds is 6. The molecular formula is C24H27N3O4. The van der Waals surface area contributed by atoms with Crippen LogP contribution in [0.5, 0.6) is 0 Å². The lowest BCUT2D eigenvalue weighted by Crippen LogP contribution is -2.28. The number of hydrogen-bond acceptors (Lipinski definition) is 5. The molecule has 1 N–H and O–H groups in total. The maximum atomic E-state index is 12.4. The van der Waals surface area contributed by atoms with Gasteiger partial charge in [0.1, 0.15) is 0 Å². The average molecular weight is 421 g/mol. The Morgan fingerprint density at radius 1 is 1.00 bits per heavy atom. The quantitative estimate of drug-likeness (QED) is 0.725. The Bertz CT molecular complexity index is 950. The van der Waals surface area contributed by atoms with Gasteiger partial charge in [0.25, 0.3) is 5.91 Å². The van der Waals surface area contributed by atoms with E-state index in [2.05, 4.69) is 10.2 Å². The first-order chi connectivity index (χ1) is 15.0. The Kier molecular flexibility index (Phi) is 6.21. The molecular weight excluding hydrogens is 394 g/mol. The van der Waals surface area contributed by atoms with E-state index in [4.69, 9.17) is 4.74 Å². The summed E-state index contributed by atoms with van der Waals surface area (Å²) in [4.78, 5) is 40.8. The summed E-state index contributed by atoms with van der Waals surface area (Å²) in [6, 6.07) is 15.2. The predicted molar refractivity (Wildman–Crippen MR) is 119 cm³/mol. The van der Waals surface area contributed by atoms with Crippen LogP contribution < -0.4 is 15.1 Å². The van der Waals surface area contributed by atoms with E-state index in [9.17, 15) is 14.4 Å². The number of ether oxygens (including phenoxy) is 1. The molecule has 2 aromatic carbocycles. The van der Waals surface area contributed by atoms with Gasteiger partial charge in [0.2, 0.25) is 5.91 Å². The molecule has 2 heterocycles. The zero-order valence-electron chi connectivity index (χ0n) is 17.7. The van der Waals surface area contributed by atoms with Gasteiger partial charge >= 0.3 is 5.97 Å². The maximum Gasteiger partial charge on any atom is 0.311 e. The Balaban J connectivity index is 1.25. The Morgan fingerprint density at radius 3 is 2.32 bits per heavy atom. The lowest BCUT2D eigenvalue weighted by molar-refractivity contribution is -0.151. The number of carbonyl (C=O) groups excluding carboxylic acids is 3. The van der Waals surface area contributed by atoms with Crippen LogP contribution >= 0.6 is 0 Å². The topological polar surface area (TPSA) is 79.0 Å². The van der Waals surface area contributed by atoms with Gasteiger partial charge in [-0.15, -0.1) is 0 Å². The fourth-order valence-corrected chi connectivity index (χ4v) is 4.02. The summed E-state index contributed by atoms with van der Waals surface area (Å²) in [5, 5.41) is 2.74. The van der Waals surface area contributed by atoms with Crippen LogP contribution in [0.1, 0.15) is 24.8 Å². The summed E-state index contributed by atoms with van der Waals surface area (Å²) in [5.41, 5.74) is 3.67. The first-order valence-corrected chi connectivity index (χ1v) is 10.7. The molecule has 7 nitrogen and oxygen atoms in total. The minimum absolute atomic E-state index is 0.0896. The monoisotopic (exact) mass is 421 g/mol. The Hall–Kier alpha value is -3.35. The molecule has 162 valence electrons. The third kappa shape index (κ3) is 5.05. The van der Waals surface area contributed by atoms with Gasteiger partial charge in [-0.05, 0) is 56.2 Å². The van der Waals surface area contributed by atoms with E-state index >= 15 is 0 Å². The summed E-state index contributed by atoms with van der Waals surface area (Å²) in [6.07, 6.45) is 2.50. The highest BCUT2D eigenvalue weighted by atomic mass is 16.5. The van der Waals surface area contributed by atoms with Crippen LogP contribution in [0.4, 0.5) is 17.1 Å². The number of esters is 1. The molecule has 0 saturated carbocycles.